The molecule has 1 N–H and O–H groups in total. The van der Waals surface area contributed by atoms with E-state index < -0.39 is 34.3 Å². The van der Waals surface area contributed by atoms with Gasteiger partial charge in [0.2, 0.25) is 5.91 Å². The van der Waals surface area contributed by atoms with Crippen LogP contribution < -0.4 is 19.7 Å². The van der Waals surface area contributed by atoms with E-state index in [4.69, 9.17) is 9.47 Å². The molecule has 2 aromatic carbocycles. The van der Waals surface area contributed by atoms with Gasteiger partial charge in [0.05, 0.1) is 28.7 Å². The lowest BCUT2D eigenvalue weighted by Gasteiger charge is -2.33. The van der Waals surface area contributed by atoms with Crippen LogP contribution in [0.1, 0.15) is 13.3 Å². The Balaban J connectivity index is 1.90. The molecule has 0 aliphatic carbocycles. The summed E-state index contributed by atoms with van der Waals surface area (Å²) >= 11 is 0. The van der Waals surface area contributed by atoms with E-state index in [0.717, 1.165) is 17.0 Å². The molecule has 12 nitrogen and oxygen atoms in total. The molecule has 12 heteroatoms. The number of carbonyl (C=O) groups is 2. The lowest BCUT2D eigenvalue weighted by molar-refractivity contribution is -0.384. The molecule has 1 heterocycles. The molecule has 3 rings (SSSR count). The molecular weight excluding hydrogens is 412 g/mol. The van der Waals surface area contributed by atoms with Gasteiger partial charge < -0.3 is 14.8 Å². The van der Waals surface area contributed by atoms with Crippen LogP contribution in [-0.4, -0.2) is 41.4 Å². The van der Waals surface area contributed by atoms with E-state index >= 15 is 0 Å². The van der Waals surface area contributed by atoms with E-state index in [-0.39, 0.29) is 34.2 Å². The zero-order valence-corrected chi connectivity index (χ0v) is 16.6. The first-order valence-electron chi connectivity index (χ1n) is 9.14. The van der Waals surface area contributed by atoms with Crippen molar-refractivity contribution >= 4 is 34.6 Å². The molecule has 0 fully saturated rings. The van der Waals surface area contributed by atoms with Crippen LogP contribution in [0.5, 0.6) is 11.5 Å². The second-order valence-electron chi connectivity index (χ2n) is 6.54. The van der Waals surface area contributed by atoms with Crippen LogP contribution >= 0.6 is 0 Å². The lowest BCUT2D eigenvalue weighted by atomic mass is 10.1. The van der Waals surface area contributed by atoms with Gasteiger partial charge in [-0.15, -0.1) is 0 Å². The molecule has 1 aliphatic heterocycles. The average Bonchev–Trinajstić information content (AvgIpc) is 2.75. The number of benzene rings is 2. The zero-order chi connectivity index (χ0) is 22.7. The van der Waals surface area contributed by atoms with Crippen molar-refractivity contribution in [2.75, 3.05) is 23.9 Å². The molecule has 2 aromatic rings. The number of amides is 2. The third-order valence-corrected chi connectivity index (χ3v) is 4.60. The van der Waals surface area contributed by atoms with Crippen molar-refractivity contribution in [2.24, 2.45) is 0 Å². The highest BCUT2D eigenvalue weighted by Gasteiger charge is 2.35. The van der Waals surface area contributed by atoms with Crippen LogP contribution in [0.3, 0.4) is 0 Å². The number of nitro benzene ring substituents is 2. The van der Waals surface area contributed by atoms with Gasteiger partial charge in [-0.3, -0.25) is 34.7 Å². The van der Waals surface area contributed by atoms with E-state index in [1.807, 2.05) is 0 Å². The summed E-state index contributed by atoms with van der Waals surface area (Å²) in [5.41, 5.74) is -0.670. The molecule has 0 spiro atoms. The fraction of sp³-hybridized carbons (Fsp3) is 0.263. The summed E-state index contributed by atoms with van der Waals surface area (Å²) in [6, 6.07) is 7.64. The third-order valence-electron chi connectivity index (χ3n) is 4.60. The minimum Gasteiger partial charge on any atom is -0.496 e. The predicted molar refractivity (Wildman–Crippen MR) is 108 cm³/mol. The van der Waals surface area contributed by atoms with Crippen molar-refractivity contribution in [3.05, 3.63) is 56.6 Å². The Hall–Kier alpha value is -4.22. The number of hydrogen-bond donors (Lipinski definition) is 1. The van der Waals surface area contributed by atoms with Crippen LogP contribution in [-0.2, 0) is 9.59 Å². The van der Waals surface area contributed by atoms with Gasteiger partial charge >= 0.3 is 0 Å². The first-order valence-corrected chi connectivity index (χ1v) is 9.14. The van der Waals surface area contributed by atoms with Gasteiger partial charge in [0.1, 0.15) is 23.7 Å². The quantitative estimate of drug-likeness (QED) is 0.519. The maximum absolute atomic E-state index is 12.8. The van der Waals surface area contributed by atoms with Crippen LogP contribution in [0.25, 0.3) is 0 Å². The van der Waals surface area contributed by atoms with E-state index in [1.54, 1.807) is 6.92 Å². The van der Waals surface area contributed by atoms with Gasteiger partial charge in [-0.25, -0.2) is 0 Å². The lowest BCUT2D eigenvalue weighted by Crippen LogP contribution is -2.48. The Morgan fingerprint density at radius 1 is 1.19 bits per heavy atom. The minimum absolute atomic E-state index is 0.0725. The van der Waals surface area contributed by atoms with E-state index in [9.17, 15) is 29.8 Å². The smallest absolute Gasteiger partial charge is 0.296 e. The van der Waals surface area contributed by atoms with Gasteiger partial charge in [-0.2, -0.15) is 0 Å². The maximum Gasteiger partial charge on any atom is 0.296 e. The van der Waals surface area contributed by atoms with Gasteiger partial charge in [0, 0.05) is 12.1 Å². The van der Waals surface area contributed by atoms with Gasteiger partial charge in [-0.1, -0.05) is 6.92 Å². The number of nitrogens with zero attached hydrogens (tertiary/aromatic N) is 3. The summed E-state index contributed by atoms with van der Waals surface area (Å²) in [7, 11) is 1.35. The highest BCUT2D eigenvalue weighted by molar-refractivity contribution is 6.06. The Labute approximate surface area is 175 Å². The Kier molecular flexibility index (Phi) is 6.00. The molecule has 0 saturated heterocycles. The maximum atomic E-state index is 12.8. The van der Waals surface area contributed by atoms with Crippen molar-refractivity contribution in [3.63, 3.8) is 0 Å². The molecule has 162 valence electrons. The van der Waals surface area contributed by atoms with Crippen molar-refractivity contribution in [1.82, 2.24) is 0 Å². The number of nitro groups is 2. The predicted octanol–water partition coefficient (Wildman–Crippen LogP) is 2.65. The zero-order valence-electron chi connectivity index (χ0n) is 16.6. The highest BCUT2D eigenvalue weighted by atomic mass is 16.6. The Morgan fingerprint density at radius 2 is 1.94 bits per heavy atom. The molecule has 0 radical (unpaired) electrons. The van der Waals surface area contributed by atoms with Gasteiger partial charge in [0.15, 0.2) is 6.10 Å². The number of rotatable bonds is 7. The third kappa shape index (κ3) is 4.37. The number of fused-ring (bicyclic) bond motifs is 1. The molecule has 0 saturated carbocycles. The number of hydrogen-bond acceptors (Lipinski definition) is 8. The number of methoxy groups -OCH3 is 1. The normalized spacial score (nSPS) is 15.0. The van der Waals surface area contributed by atoms with Crippen LogP contribution in [0.4, 0.5) is 22.7 Å². The fourth-order valence-electron chi connectivity index (χ4n) is 3.08. The SMILES string of the molecule is CCC1Oc2ccc([N+](=O)[O-])cc2N(CC(=O)Nc2ccc(OC)cc2[N+](=O)[O-])C1=O. The molecule has 31 heavy (non-hydrogen) atoms. The van der Waals surface area contributed by atoms with Crippen molar-refractivity contribution in [3.8, 4) is 11.5 Å². The second-order valence-corrected chi connectivity index (χ2v) is 6.54. The summed E-state index contributed by atoms with van der Waals surface area (Å²) in [5.74, 6) is -0.814. The second kappa shape index (κ2) is 8.65. The van der Waals surface area contributed by atoms with E-state index in [1.165, 1.54) is 31.4 Å². The Bertz CT molecular complexity index is 1070. The highest BCUT2D eigenvalue weighted by Crippen LogP contribution is 2.37. The number of nitrogens with one attached hydrogen (secondary N) is 1. The van der Waals surface area contributed by atoms with Crippen molar-refractivity contribution in [1.29, 1.82) is 0 Å². The molecule has 1 atom stereocenters. The average molecular weight is 430 g/mol. The van der Waals surface area contributed by atoms with Gasteiger partial charge in [-0.05, 0) is 24.6 Å². The first kappa shape index (κ1) is 21.5. The summed E-state index contributed by atoms with van der Waals surface area (Å²) in [6.45, 7) is 1.20. The molecule has 2 amide bonds. The molecular formula is C19H18N4O8. The molecule has 1 unspecified atom stereocenters. The molecule has 0 aromatic heterocycles. The topological polar surface area (TPSA) is 154 Å². The fourth-order valence-corrected chi connectivity index (χ4v) is 3.08. The minimum atomic E-state index is -0.864. The summed E-state index contributed by atoms with van der Waals surface area (Å²) < 4.78 is 10.5. The summed E-state index contributed by atoms with van der Waals surface area (Å²) in [6.07, 6.45) is -0.547. The number of anilines is 2. The van der Waals surface area contributed by atoms with Crippen LogP contribution in [0.2, 0.25) is 0 Å². The van der Waals surface area contributed by atoms with Crippen molar-refractivity contribution in [2.45, 2.75) is 19.4 Å². The van der Waals surface area contributed by atoms with Gasteiger partial charge in [0.25, 0.3) is 17.3 Å². The van der Waals surface area contributed by atoms with Crippen LogP contribution in [0.15, 0.2) is 36.4 Å². The van der Waals surface area contributed by atoms with Crippen LogP contribution in [0, 0.1) is 20.2 Å². The first-order chi connectivity index (χ1) is 14.7. The standard InChI is InChI=1S/C19H18N4O8/c1-3-16-19(25)21(15-8-11(22(26)27)4-7-17(15)31-16)10-18(24)20-13-6-5-12(30-2)9-14(13)23(28)29/h4-9,16H,3,10H2,1-2H3,(H,20,24). The largest absolute Gasteiger partial charge is 0.496 e. The summed E-state index contributed by atoms with van der Waals surface area (Å²) in [5, 5.41) is 24.8. The monoisotopic (exact) mass is 430 g/mol. The number of non-ortho nitro benzene ring substituents is 1. The Morgan fingerprint density at radius 3 is 2.55 bits per heavy atom. The molecule has 0 bridgehead atoms. The van der Waals surface area contributed by atoms with E-state index in [2.05, 4.69) is 5.32 Å². The van der Waals surface area contributed by atoms with E-state index in [0.29, 0.717) is 6.42 Å². The number of ether oxygens (including phenoxy) is 2. The van der Waals surface area contributed by atoms with Crippen molar-refractivity contribution < 1.29 is 28.9 Å². The molecule has 1 aliphatic rings. The summed E-state index contributed by atoms with van der Waals surface area (Å²) in [4.78, 5) is 47.6. The number of carbonyl (C=O) groups excluding carboxylic acids is 2.